The maximum Gasteiger partial charge on any atom is 0.233 e. The number of methoxy groups -OCH3 is 1. The Bertz CT molecular complexity index is 664. The van der Waals surface area contributed by atoms with Crippen LogP contribution >= 0.6 is 23.4 Å². The van der Waals surface area contributed by atoms with E-state index in [0.717, 1.165) is 10.6 Å². The average molecular weight is 366 g/mol. The van der Waals surface area contributed by atoms with Crippen LogP contribution in [-0.2, 0) is 4.79 Å². The summed E-state index contributed by atoms with van der Waals surface area (Å²) in [5.74, 6) is 1.39. The van der Waals surface area contributed by atoms with E-state index in [0.29, 0.717) is 23.9 Å². The van der Waals surface area contributed by atoms with Gasteiger partial charge in [-0.1, -0.05) is 23.7 Å². The normalized spacial score (nSPS) is 11.6. The van der Waals surface area contributed by atoms with E-state index in [1.807, 2.05) is 43.3 Å². The monoisotopic (exact) mass is 365 g/mol. The van der Waals surface area contributed by atoms with Gasteiger partial charge in [0.05, 0.1) is 23.9 Å². The van der Waals surface area contributed by atoms with Crippen molar-refractivity contribution in [2.75, 3.05) is 20.3 Å². The van der Waals surface area contributed by atoms with Crippen molar-refractivity contribution in [1.29, 1.82) is 0 Å². The Morgan fingerprint density at radius 2 is 1.92 bits per heavy atom. The van der Waals surface area contributed by atoms with Gasteiger partial charge in [0.1, 0.15) is 18.1 Å². The van der Waals surface area contributed by atoms with Gasteiger partial charge in [0.15, 0.2) is 0 Å². The van der Waals surface area contributed by atoms with Crippen LogP contribution in [0, 0.1) is 0 Å². The topological polar surface area (TPSA) is 47.6 Å². The summed E-state index contributed by atoms with van der Waals surface area (Å²) >= 11 is 7.50. The molecule has 0 spiro atoms. The minimum Gasteiger partial charge on any atom is -0.497 e. The molecule has 0 unspecified atom stereocenters. The van der Waals surface area contributed by atoms with Crippen LogP contribution in [0.5, 0.6) is 11.5 Å². The van der Waals surface area contributed by atoms with Gasteiger partial charge in [0.2, 0.25) is 5.91 Å². The number of halogens is 1. The highest BCUT2D eigenvalue weighted by Crippen LogP contribution is 2.25. The van der Waals surface area contributed by atoms with Gasteiger partial charge >= 0.3 is 0 Å². The summed E-state index contributed by atoms with van der Waals surface area (Å²) in [6, 6.07) is 14.9. The number of thioether (sulfide) groups is 1. The first kappa shape index (κ1) is 18.5. The predicted octanol–water partition coefficient (Wildman–Crippen LogP) is 4.02. The fourth-order valence-electron chi connectivity index (χ4n) is 1.95. The van der Waals surface area contributed by atoms with E-state index in [4.69, 9.17) is 21.1 Å². The number of amides is 1. The Hall–Kier alpha value is -1.85. The molecule has 6 heteroatoms. The zero-order valence-corrected chi connectivity index (χ0v) is 15.2. The summed E-state index contributed by atoms with van der Waals surface area (Å²) in [6.07, 6.45) is 0. The standard InChI is InChI=1S/C18H20ClNO3S/c1-13(24-15-9-7-14(22-2)8-10-15)18(21)20-11-12-23-17-6-4-3-5-16(17)19/h3-10,13H,11-12H2,1-2H3,(H,20,21)/t13-/m1/s1. The third-order valence-electron chi connectivity index (χ3n) is 3.24. The summed E-state index contributed by atoms with van der Waals surface area (Å²) in [6.45, 7) is 2.67. The summed E-state index contributed by atoms with van der Waals surface area (Å²) in [4.78, 5) is 13.1. The van der Waals surface area contributed by atoms with Crippen molar-refractivity contribution in [3.8, 4) is 11.5 Å². The van der Waals surface area contributed by atoms with E-state index in [1.54, 1.807) is 19.2 Å². The molecule has 2 aromatic carbocycles. The number of carbonyl (C=O) groups is 1. The minimum atomic E-state index is -0.196. The maximum atomic E-state index is 12.1. The molecule has 2 rings (SSSR count). The molecule has 0 aromatic heterocycles. The summed E-state index contributed by atoms with van der Waals surface area (Å²) in [7, 11) is 1.63. The number of hydrogen-bond donors (Lipinski definition) is 1. The summed E-state index contributed by atoms with van der Waals surface area (Å²) in [5.41, 5.74) is 0. The number of nitrogens with one attached hydrogen (secondary N) is 1. The van der Waals surface area contributed by atoms with Gasteiger partial charge in [0, 0.05) is 4.90 Å². The third kappa shape index (κ3) is 5.65. The van der Waals surface area contributed by atoms with Gasteiger partial charge < -0.3 is 14.8 Å². The number of para-hydroxylation sites is 1. The number of rotatable bonds is 8. The lowest BCUT2D eigenvalue weighted by Crippen LogP contribution is -2.33. The predicted molar refractivity (Wildman–Crippen MR) is 98.3 cm³/mol. The lowest BCUT2D eigenvalue weighted by Gasteiger charge is -2.13. The molecule has 0 bridgehead atoms. The van der Waals surface area contributed by atoms with Crippen LogP contribution < -0.4 is 14.8 Å². The second-order valence-corrected chi connectivity index (χ2v) is 6.83. The van der Waals surface area contributed by atoms with Gasteiger partial charge in [-0.05, 0) is 43.3 Å². The zero-order valence-electron chi connectivity index (χ0n) is 13.6. The van der Waals surface area contributed by atoms with Crippen molar-refractivity contribution < 1.29 is 14.3 Å². The molecule has 1 amide bonds. The molecule has 0 aliphatic heterocycles. The molecule has 24 heavy (non-hydrogen) atoms. The highest BCUT2D eigenvalue weighted by atomic mass is 35.5. The van der Waals surface area contributed by atoms with E-state index in [2.05, 4.69) is 5.32 Å². The SMILES string of the molecule is COc1ccc(S[C@H](C)C(=O)NCCOc2ccccc2Cl)cc1. The molecular formula is C18H20ClNO3S. The molecule has 1 N–H and O–H groups in total. The van der Waals surface area contributed by atoms with Crippen LogP contribution in [0.3, 0.4) is 0 Å². The molecule has 0 aliphatic rings. The number of ether oxygens (including phenoxy) is 2. The molecule has 0 saturated heterocycles. The molecule has 0 heterocycles. The summed E-state index contributed by atoms with van der Waals surface area (Å²) in [5, 5.41) is 3.23. The largest absolute Gasteiger partial charge is 0.497 e. The number of benzene rings is 2. The molecular weight excluding hydrogens is 346 g/mol. The summed E-state index contributed by atoms with van der Waals surface area (Å²) < 4.78 is 10.7. The van der Waals surface area contributed by atoms with Crippen LogP contribution in [0.2, 0.25) is 5.02 Å². The van der Waals surface area contributed by atoms with E-state index < -0.39 is 0 Å². The van der Waals surface area contributed by atoms with Crippen LogP contribution in [0.4, 0.5) is 0 Å². The lowest BCUT2D eigenvalue weighted by molar-refractivity contribution is -0.120. The van der Waals surface area contributed by atoms with E-state index in [-0.39, 0.29) is 11.2 Å². The van der Waals surface area contributed by atoms with E-state index >= 15 is 0 Å². The second-order valence-electron chi connectivity index (χ2n) is 5.01. The minimum absolute atomic E-state index is 0.0291. The molecule has 0 radical (unpaired) electrons. The average Bonchev–Trinajstić information content (AvgIpc) is 2.60. The van der Waals surface area contributed by atoms with Gasteiger partial charge in [0.25, 0.3) is 0 Å². The lowest BCUT2D eigenvalue weighted by atomic mass is 10.3. The number of hydrogen-bond acceptors (Lipinski definition) is 4. The number of carbonyl (C=O) groups excluding carboxylic acids is 1. The third-order valence-corrected chi connectivity index (χ3v) is 4.66. The van der Waals surface area contributed by atoms with Crippen molar-refractivity contribution in [2.45, 2.75) is 17.1 Å². The van der Waals surface area contributed by atoms with E-state index in [9.17, 15) is 4.79 Å². The second kappa shape index (κ2) is 9.45. The van der Waals surface area contributed by atoms with Crippen molar-refractivity contribution in [3.63, 3.8) is 0 Å². The van der Waals surface area contributed by atoms with Crippen molar-refractivity contribution >= 4 is 29.3 Å². The highest BCUT2D eigenvalue weighted by molar-refractivity contribution is 8.00. The van der Waals surface area contributed by atoms with Crippen LogP contribution in [0.15, 0.2) is 53.4 Å². The Labute approximate surface area is 151 Å². The molecule has 0 aliphatic carbocycles. The molecule has 0 saturated carbocycles. The zero-order chi connectivity index (χ0) is 17.4. The fourth-order valence-corrected chi connectivity index (χ4v) is 3.03. The first-order chi connectivity index (χ1) is 11.6. The van der Waals surface area contributed by atoms with Crippen LogP contribution in [0.25, 0.3) is 0 Å². The molecule has 4 nitrogen and oxygen atoms in total. The first-order valence-electron chi connectivity index (χ1n) is 7.56. The van der Waals surface area contributed by atoms with Crippen LogP contribution in [-0.4, -0.2) is 31.4 Å². The Morgan fingerprint density at radius 3 is 2.58 bits per heavy atom. The Balaban J connectivity index is 1.72. The highest BCUT2D eigenvalue weighted by Gasteiger charge is 2.14. The van der Waals surface area contributed by atoms with Crippen molar-refractivity contribution in [3.05, 3.63) is 53.6 Å². The Morgan fingerprint density at radius 1 is 1.21 bits per heavy atom. The fraction of sp³-hybridized carbons (Fsp3) is 0.278. The van der Waals surface area contributed by atoms with Gasteiger partial charge in [-0.2, -0.15) is 0 Å². The maximum absolute atomic E-state index is 12.1. The molecule has 0 fully saturated rings. The van der Waals surface area contributed by atoms with Gasteiger partial charge in [-0.15, -0.1) is 11.8 Å². The smallest absolute Gasteiger partial charge is 0.233 e. The quantitative estimate of drug-likeness (QED) is 0.567. The first-order valence-corrected chi connectivity index (χ1v) is 8.81. The van der Waals surface area contributed by atoms with Gasteiger partial charge in [-0.3, -0.25) is 4.79 Å². The molecule has 2 aromatic rings. The van der Waals surface area contributed by atoms with E-state index in [1.165, 1.54) is 11.8 Å². The van der Waals surface area contributed by atoms with Crippen molar-refractivity contribution in [1.82, 2.24) is 5.32 Å². The van der Waals surface area contributed by atoms with Crippen molar-refractivity contribution in [2.24, 2.45) is 0 Å². The Kier molecular flexibility index (Phi) is 7.28. The van der Waals surface area contributed by atoms with Crippen LogP contribution in [0.1, 0.15) is 6.92 Å². The molecule has 1 atom stereocenters. The molecule has 128 valence electrons. The van der Waals surface area contributed by atoms with Gasteiger partial charge in [-0.25, -0.2) is 0 Å².